The summed E-state index contributed by atoms with van der Waals surface area (Å²) in [5.74, 6) is 0. The van der Waals surface area contributed by atoms with Crippen LogP contribution in [0.1, 0.15) is 27.9 Å². The monoisotopic (exact) mass is 246 g/mol. The fourth-order valence-electron chi connectivity index (χ4n) is 1.73. The van der Waals surface area contributed by atoms with Crippen molar-refractivity contribution in [3.8, 4) is 0 Å². The highest BCUT2D eigenvalue weighted by molar-refractivity contribution is 7.11. The van der Waals surface area contributed by atoms with Gasteiger partial charge in [-0.05, 0) is 24.6 Å². The first-order chi connectivity index (χ1) is 8.29. The number of hydrogen-bond acceptors (Lipinski definition) is 3. The normalized spacial score (nSPS) is 10.7. The largest absolute Gasteiger partial charge is 0.312 e. The van der Waals surface area contributed by atoms with Crippen LogP contribution in [0.5, 0.6) is 0 Å². The van der Waals surface area contributed by atoms with Crippen LogP contribution in [-0.4, -0.2) is 11.5 Å². The molecule has 0 saturated heterocycles. The van der Waals surface area contributed by atoms with Crippen molar-refractivity contribution in [3.63, 3.8) is 0 Å². The summed E-state index contributed by atoms with van der Waals surface area (Å²) in [6.07, 6.45) is 2.93. The molecule has 1 aromatic heterocycles. The molecule has 0 aliphatic carbocycles. The Morgan fingerprint density at radius 1 is 1.29 bits per heavy atom. The maximum absolute atomic E-state index is 4.48. The predicted molar refractivity (Wildman–Crippen MR) is 73.5 cm³/mol. The molecule has 0 unspecified atom stereocenters. The topological polar surface area (TPSA) is 24.9 Å². The highest BCUT2D eigenvalue weighted by Crippen LogP contribution is 2.18. The number of nitrogens with zero attached hydrogens (tertiary/aromatic N) is 1. The molecule has 1 N–H and O–H groups in total. The summed E-state index contributed by atoms with van der Waals surface area (Å²) in [5.41, 5.74) is 2.72. The second-order valence-electron chi connectivity index (χ2n) is 4.10. The van der Waals surface area contributed by atoms with Gasteiger partial charge in [0.1, 0.15) is 0 Å². The second kappa shape index (κ2) is 5.94. The smallest absolute Gasteiger partial charge is 0.0972 e. The van der Waals surface area contributed by atoms with Crippen LogP contribution < -0.4 is 5.32 Å². The molecule has 0 saturated carbocycles. The molecule has 0 amide bonds. The summed E-state index contributed by atoms with van der Waals surface area (Å²) in [4.78, 5) is 5.80. The Morgan fingerprint density at radius 2 is 2.12 bits per heavy atom. The van der Waals surface area contributed by atoms with Gasteiger partial charge in [-0.2, -0.15) is 0 Å². The quantitative estimate of drug-likeness (QED) is 0.876. The van der Waals surface area contributed by atoms with Crippen molar-refractivity contribution in [2.24, 2.45) is 0 Å². The van der Waals surface area contributed by atoms with Crippen molar-refractivity contribution in [3.05, 3.63) is 51.5 Å². The van der Waals surface area contributed by atoms with E-state index in [0.29, 0.717) is 0 Å². The van der Waals surface area contributed by atoms with Crippen molar-refractivity contribution >= 4 is 11.3 Å². The molecule has 1 aromatic carbocycles. The van der Waals surface area contributed by atoms with Gasteiger partial charge >= 0.3 is 0 Å². The van der Waals surface area contributed by atoms with Gasteiger partial charge in [-0.25, -0.2) is 4.98 Å². The van der Waals surface area contributed by atoms with Gasteiger partial charge in [-0.1, -0.05) is 31.2 Å². The highest BCUT2D eigenvalue weighted by atomic mass is 32.1. The van der Waals surface area contributed by atoms with E-state index >= 15 is 0 Å². The Hall–Kier alpha value is -1.19. The molecule has 0 aliphatic heterocycles. The fraction of sp³-hybridized carbons (Fsp3) is 0.357. The molecule has 0 fully saturated rings. The standard InChI is InChI=1S/C14H18N2S/c1-3-15-9-13-10-16-14(17-13)8-12-7-5-4-6-11(12)2/h4-7,10,15H,3,8-9H2,1-2H3. The van der Waals surface area contributed by atoms with Gasteiger partial charge in [0.05, 0.1) is 5.01 Å². The lowest BCUT2D eigenvalue weighted by atomic mass is 10.1. The summed E-state index contributed by atoms with van der Waals surface area (Å²) >= 11 is 1.80. The molecule has 90 valence electrons. The highest BCUT2D eigenvalue weighted by Gasteiger charge is 2.04. The Balaban J connectivity index is 2.04. The second-order valence-corrected chi connectivity index (χ2v) is 5.30. The molecule has 2 aromatic rings. The fourth-order valence-corrected chi connectivity index (χ4v) is 2.65. The number of nitrogens with one attached hydrogen (secondary N) is 1. The maximum atomic E-state index is 4.48. The van der Waals surface area contributed by atoms with E-state index in [9.17, 15) is 0 Å². The van der Waals surface area contributed by atoms with Gasteiger partial charge in [0.2, 0.25) is 0 Å². The molecule has 17 heavy (non-hydrogen) atoms. The first-order valence-corrected chi connectivity index (χ1v) is 6.80. The number of hydrogen-bond donors (Lipinski definition) is 1. The lowest BCUT2D eigenvalue weighted by Crippen LogP contribution is -2.10. The van der Waals surface area contributed by atoms with Gasteiger partial charge in [0.15, 0.2) is 0 Å². The van der Waals surface area contributed by atoms with E-state index in [-0.39, 0.29) is 0 Å². The predicted octanol–water partition coefficient (Wildman–Crippen LogP) is 3.15. The van der Waals surface area contributed by atoms with E-state index in [4.69, 9.17) is 0 Å². The van der Waals surface area contributed by atoms with Crippen molar-refractivity contribution in [2.45, 2.75) is 26.8 Å². The zero-order chi connectivity index (χ0) is 12.1. The molecule has 0 bridgehead atoms. The van der Waals surface area contributed by atoms with Crippen LogP contribution in [-0.2, 0) is 13.0 Å². The molecular formula is C14H18N2S. The first kappa shape index (κ1) is 12.3. The van der Waals surface area contributed by atoms with E-state index in [1.807, 2.05) is 6.20 Å². The molecule has 2 rings (SSSR count). The van der Waals surface area contributed by atoms with Gasteiger partial charge in [-0.15, -0.1) is 11.3 Å². The number of aromatic nitrogens is 1. The van der Waals surface area contributed by atoms with E-state index in [2.05, 4.69) is 48.4 Å². The minimum atomic E-state index is 0.932. The van der Waals surface area contributed by atoms with Crippen LogP contribution in [0, 0.1) is 6.92 Å². The minimum absolute atomic E-state index is 0.932. The van der Waals surface area contributed by atoms with Gasteiger partial charge in [-0.3, -0.25) is 0 Å². The van der Waals surface area contributed by atoms with Crippen LogP contribution in [0.2, 0.25) is 0 Å². The van der Waals surface area contributed by atoms with Crippen LogP contribution >= 0.6 is 11.3 Å². The third kappa shape index (κ3) is 3.38. The lowest BCUT2D eigenvalue weighted by molar-refractivity contribution is 0.734. The average molecular weight is 246 g/mol. The Kier molecular flexibility index (Phi) is 4.29. The van der Waals surface area contributed by atoms with Crippen molar-refractivity contribution in [1.82, 2.24) is 10.3 Å². The first-order valence-electron chi connectivity index (χ1n) is 5.98. The average Bonchev–Trinajstić information content (AvgIpc) is 2.77. The number of rotatable bonds is 5. The molecule has 2 nitrogen and oxygen atoms in total. The zero-order valence-corrected chi connectivity index (χ0v) is 11.2. The Labute approximate surface area is 107 Å². The van der Waals surface area contributed by atoms with E-state index in [0.717, 1.165) is 19.5 Å². The molecule has 3 heteroatoms. The number of aryl methyl sites for hydroxylation is 1. The summed E-state index contributed by atoms with van der Waals surface area (Å²) in [6.45, 7) is 6.21. The number of thiazole rings is 1. The summed E-state index contributed by atoms with van der Waals surface area (Å²) < 4.78 is 0. The van der Waals surface area contributed by atoms with Crippen LogP contribution in [0.3, 0.4) is 0 Å². The van der Waals surface area contributed by atoms with E-state index < -0.39 is 0 Å². The summed E-state index contributed by atoms with van der Waals surface area (Å²) in [5, 5.41) is 4.52. The van der Waals surface area contributed by atoms with Crippen LogP contribution in [0.4, 0.5) is 0 Å². The van der Waals surface area contributed by atoms with Gasteiger partial charge in [0, 0.05) is 24.0 Å². The molecule has 0 spiro atoms. The van der Waals surface area contributed by atoms with Crippen molar-refractivity contribution < 1.29 is 0 Å². The Bertz CT molecular complexity index is 477. The minimum Gasteiger partial charge on any atom is -0.312 e. The van der Waals surface area contributed by atoms with E-state index in [1.165, 1.54) is 21.0 Å². The Morgan fingerprint density at radius 3 is 2.88 bits per heavy atom. The number of benzene rings is 1. The van der Waals surface area contributed by atoms with E-state index in [1.54, 1.807) is 11.3 Å². The third-order valence-corrected chi connectivity index (χ3v) is 3.75. The van der Waals surface area contributed by atoms with Gasteiger partial charge in [0.25, 0.3) is 0 Å². The van der Waals surface area contributed by atoms with Crippen molar-refractivity contribution in [1.29, 1.82) is 0 Å². The van der Waals surface area contributed by atoms with Crippen LogP contribution in [0.15, 0.2) is 30.5 Å². The van der Waals surface area contributed by atoms with Crippen LogP contribution in [0.25, 0.3) is 0 Å². The summed E-state index contributed by atoms with van der Waals surface area (Å²) in [6, 6.07) is 8.51. The molecular weight excluding hydrogens is 228 g/mol. The third-order valence-electron chi connectivity index (χ3n) is 2.75. The zero-order valence-electron chi connectivity index (χ0n) is 10.4. The van der Waals surface area contributed by atoms with Crippen molar-refractivity contribution in [2.75, 3.05) is 6.54 Å². The molecule has 1 heterocycles. The maximum Gasteiger partial charge on any atom is 0.0972 e. The molecule has 0 atom stereocenters. The lowest BCUT2D eigenvalue weighted by Gasteiger charge is -2.02. The molecule has 0 aliphatic rings. The SMILES string of the molecule is CCNCc1cnc(Cc2ccccc2C)s1. The molecule has 0 radical (unpaired) electrons. The summed E-state index contributed by atoms with van der Waals surface area (Å²) in [7, 11) is 0. The van der Waals surface area contributed by atoms with Gasteiger partial charge < -0.3 is 5.32 Å².